The second kappa shape index (κ2) is 6.95. The normalized spacial score (nSPS) is 40.2. The summed E-state index contributed by atoms with van der Waals surface area (Å²) in [5.41, 5.74) is 1.03. The van der Waals surface area contributed by atoms with Crippen molar-refractivity contribution in [3.63, 3.8) is 0 Å². The molecule has 2 nitrogen and oxygen atoms in total. The SMILES string of the molecule is C=C[C@@H]1CC(C(O)[C@@H]2C(=O)[C@H](C)CC[C@H]2C(=C)C)[C@H](C=C)C1. The molecule has 2 heteroatoms. The van der Waals surface area contributed by atoms with Gasteiger partial charge in [0.15, 0.2) is 0 Å². The van der Waals surface area contributed by atoms with Crippen molar-refractivity contribution < 1.29 is 9.90 Å². The van der Waals surface area contributed by atoms with Crippen molar-refractivity contribution in [2.75, 3.05) is 0 Å². The third-order valence-electron chi connectivity index (χ3n) is 5.93. The Morgan fingerprint density at radius 2 is 1.95 bits per heavy atom. The quantitative estimate of drug-likeness (QED) is 0.774. The standard InChI is InChI=1S/C20H30O2/c1-6-14-10-15(7-2)17(11-14)20(22)18-16(12(3)4)9-8-13(5)19(18)21/h6-7,13-18,20,22H,1-3,8-11H2,4-5H3/t13-,14+,15-,16+,17?,18+,20?/m1/s1. The Kier molecular flexibility index (Phi) is 5.44. The minimum atomic E-state index is -0.593. The highest BCUT2D eigenvalue weighted by molar-refractivity contribution is 5.85. The summed E-state index contributed by atoms with van der Waals surface area (Å²) in [6.07, 6.45) is 7.09. The van der Waals surface area contributed by atoms with E-state index in [0.29, 0.717) is 5.92 Å². The number of allylic oxidation sites excluding steroid dienone is 3. The Bertz CT molecular complexity index is 464. The number of hydrogen-bond donors (Lipinski definition) is 1. The van der Waals surface area contributed by atoms with Gasteiger partial charge in [-0.3, -0.25) is 4.79 Å². The van der Waals surface area contributed by atoms with E-state index in [4.69, 9.17) is 0 Å². The Morgan fingerprint density at radius 1 is 1.27 bits per heavy atom. The molecule has 0 heterocycles. The minimum absolute atomic E-state index is 0.0500. The number of rotatable bonds is 5. The molecule has 2 rings (SSSR count). The molecule has 0 aliphatic heterocycles. The van der Waals surface area contributed by atoms with E-state index < -0.39 is 6.10 Å². The molecule has 2 fully saturated rings. The summed E-state index contributed by atoms with van der Waals surface area (Å²) in [4.78, 5) is 12.7. The fraction of sp³-hybridized carbons (Fsp3) is 0.650. The summed E-state index contributed by atoms with van der Waals surface area (Å²) in [6, 6.07) is 0. The average Bonchev–Trinajstić information content (AvgIpc) is 2.92. The Hall–Kier alpha value is -1.15. The summed E-state index contributed by atoms with van der Waals surface area (Å²) in [5, 5.41) is 11.1. The van der Waals surface area contributed by atoms with Crippen molar-refractivity contribution in [3.8, 4) is 0 Å². The van der Waals surface area contributed by atoms with Crippen LogP contribution < -0.4 is 0 Å². The van der Waals surface area contributed by atoms with Crippen molar-refractivity contribution in [2.24, 2.45) is 35.5 Å². The van der Waals surface area contributed by atoms with Gasteiger partial charge in [-0.25, -0.2) is 0 Å². The van der Waals surface area contributed by atoms with Gasteiger partial charge in [0.05, 0.1) is 12.0 Å². The molecule has 2 saturated carbocycles. The first-order valence-electron chi connectivity index (χ1n) is 8.53. The van der Waals surface area contributed by atoms with Gasteiger partial charge in [-0.05, 0) is 56.3 Å². The number of aliphatic hydroxyl groups is 1. The summed E-state index contributed by atoms with van der Waals surface area (Å²) < 4.78 is 0. The van der Waals surface area contributed by atoms with Crippen LogP contribution in [0.5, 0.6) is 0 Å². The first-order valence-corrected chi connectivity index (χ1v) is 8.53. The summed E-state index contributed by atoms with van der Waals surface area (Å²) in [6.45, 7) is 15.9. The minimum Gasteiger partial charge on any atom is -0.392 e. The zero-order valence-corrected chi connectivity index (χ0v) is 14.0. The van der Waals surface area contributed by atoms with Crippen LogP contribution in [0.4, 0.5) is 0 Å². The monoisotopic (exact) mass is 302 g/mol. The van der Waals surface area contributed by atoms with Crippen LogP contribution in [0.2, 0.25) is 0 Å². The molecule has 2 aliphatic rings. The molecule has 7 atom stereocenters. The smallest absolute Gasteiger partial charge is 0.141 e. The lowest BCUT2D eigenvalue weighted by Gasteiger charge is -2.39. The van der Waals surface area contributed by atoms with E-state index in [9.17, 15) is 9.90 Å². The predicted octanol–water partition coefficient (Wildman–Crippen LogP) is 4.17. The Morgan fingerprint density at radius 3 is 2.50 bits per heavy atom. The van der Waals surface area contributed by atoms with Crippen LogP contribution in [0.25, 0.3) is 0 Å². The molecule has 0 saturated heterocycles. The van der Waals surface area contributed by atoms with Crippen LogP contribution >= 0.6 is 0 Å². The Balaban J connectivity index is 2.25. The van der Waals surface area contributed by atoms with E-state index in [1.807, 2.05) is 26.0 Å². The first kappa shape index (κ1) is 17.2. The second-order valence-electron chi connectivity index (χ2n) is 7.38. The maximum absolute atomic E-state index is 12.7. The van der Waals surface area contributed by atoms with Gasteiger partial charge >= 0.3 is 0 Å². The van der Waals surface area contributed by atoms with E-state index >= 15 is 0 Å². The average molecular weight is 302 g/mol. The van der Waals surface area contributed by atoms with Gasteiger partial charge in [0.1, 0.15) is 5.78 Å². The van der Waals surface area contributed by atoms with E-state index in [-0.39, 0.29) is 35.4 Å². The Labute approximate surface area is 135 Å². The molecule has 0 aromatic rings. The van der Waals surface area contributed by atoms with E-state index in [1.54, 1.807) is 0 Å². The molecule has 0 spiro atoms. The van der Waals surface area contributed by atoms with Crippen molar-refractivity contribution in [1.29, 1.82) is 0 Å². The number of carbonyl (C=O) groups excluding carboxylic acids is 1. The second-order valence-corrected chi connectivity index (χ2v) is 7.38. The van der Waals surface area contributed by atoms with Gasteiger partial charge in [0, 0.05) is 5.92 Å². The lowest BCUT2D eigenvalue weighted by molar-refractivity contribution is -0.137. The van der Waals surface area contributed by atoms with E-state index in [2.05, 4.69) is 19.7 Å². The van der Waals surface area contributed by atoms with Crippen LogP contribution in [0, 0.1) is 35.5 Å². The van der Waals surface area contributed by atoms with Crippen LogP contribution in [0.3, 0.4) is 0 Å². The molecular formula is C20H30O2. The number of carbonyl (C=O) groups is 1. The molecule has 2 unspecified atom stereocenters. The van der Waals surface area contributed by atoms with Gasteiger partial charge in [-0.15, -0.1) is 13.2 Å². The van der Waals surface area contributed by atoms with Crippen LogP contribution in [-0.4, -0.2) is 17.0 Å². The maximum atomic E-state index is 12.7. The van der Waals surface area contributed by atoms with Gasteiger partial charge in [-0.1, -0.05) is 31.2 Å². The maximum Gasteiger partial charge on any atom is 0.141 e. The zero-order valence-electron chi connectivity index (χ0n) is 14.0. The predicted molar refractivity (Wildman–Crippen MR) is 91.3 cm³/mol. The number of aliphatic hydroxyl groups excluding tert-OH is 1. The van der Waals surface area contributed by atoms with Crippen molar-refractivity contribution in [1.82, 2.24) is 0 Å². The van der Waals surface area contributed by atoms with Crippen LogP contribution in [0.15, 0.2) is 37.5 Å². The fourth-order valence-corrected chi connectivity index (χ4v) is 4.50. The lowest BCUT2D eigenvalue weighted by atomic mass is 9.66. The van der Waals surface area contributed by atoms with E-state index in [0.717, 1.165) is 31.3 Å². The summed E-state index contributed by atoms with van der Waals surface area (Å²) >= 11 is 0. The largest absolute Gasteiger partial charge is 0.392 e. The molecular weight excluding hydrogens is 272 g/mol. The number of hydrogen-bond acceptors (Lipinski definition) is 2. The highest BCUT2D eigenvalue weighted by Crippen LogP contribution is 2.46. The van der Waals surface area contributed by atoms with Gasteiger partial charge < -0.3 is 5.11 Å². The lowest BCUT2D eigenvalue weighted by Crippen LogP contribution is -2.45. The highest BCUT2D eigenvalue weighted by atomic mass is 16.3. The molecule has 122 valence electrons. The van der Waals surface area contributed by atoms with Crippen LogP contribution in [0.1, 0.15) is 39.5 Å². The third-order valence-corrected chi connectivity index (χ3v) is 5.93. The molecule has 0 aromatic carbocycles. The molecule has 0 bridgehead atoms. The zero-order chi connectivity index (χ0) is 16.4. The fourth-order valence-electron chi connectivity index (χ4n) is 4.50. The molecule has 0 amide bonds. The summed E-state index contributed by atoms with van der Waals surface area (Å²) in [7, 11) is 0. The highest BCUT2D eigenvalue weighted by Gasteiger charge is 2.46. The third kappa shape index (κ3) is 3.12. The van der Waals surface area contributed by atoms with Gasteiger partial charge in [0.25, 0.3) is 0 Å². The van der Waals surface area contributed by atoms with Crippen molar-refractivity contribution in [2.45, 2.75) is 45.6 Å². The first-order chi connectivity index (χ1) is 10.4. The van der Waals surface area contributed by atoms with Gasteiger partial charge in [-0.2, -0.15) is 0 Å². The van der Waals surface area contributed by atoms with Crippen LogP contribution in [-0.2, 0) is 4.79 Å². The molecule has 22 heavy (non-hydrogen) atoms. The van der Waals surface area contributed by atoms with Gasteiger partial charge in [0.2, 0.25) is 0 Å². The molecule has 1 N–H and O–H groups in total. The molecule has 0 radical (unpaired) electrons. The van der Waals surface area contributed by atoms with Crippen molar-refractivity contribution in [3.05, 3.63) is 37.5 Å². The number of ketones is 1. The topological polar surface area (TPSA) is 37.3 Å². The number of Topliss-reactive ketones (excluding diaryl/α,β-unsaturated/α-hetero) is 1. The molecule has 0 aromatic heterocycles. The van der Waals surface area contributed by atoms with E-state index in [1.165, 1.54) is 0 Å². The van der Waals surface area contributed by atoms with Crippen molar-refractivity contribution >= 4 is 5.78 Å². The summed E-state index contributed by atoms with van der Waals surface area (Å²) in [5.74, 6) is 0.896. The molecule has 2 aliphatic carbocycles.